The van der Waals surface area contributed by atoms with Crippen LogP contribution in [-0.4, -0.2) is 47.8 Å². The van der Waals surface area contributed by atoms with Gasteiger partial charge in [0.25, 0.3) is 5.91 Å². The minimum absolute atomic E-state index is 0.111. The molecule has 0 radical (unpaired) electrons. The van der Waals surface area contributed by atoms with Crippen LogP contribution in [0, 0.1) is 11.8 Å². The average molecular weight is 389 g/mol. The molecule has 1 aliphatic carbocycles. The Hall–Kier alpha value is -1.36. The van der Waals surface area contributed by atoms with Crippen LogP contribution in [0.1, 0.15) is 72.0 Å². The Bertz CT molecular complexity index is 667. The van der Waals surface area contributed by atoms with Gasteiger partial charge in [-0.1, -0.05) is 13.3 Å². The molecule has 1 atom stereocenters. The third-order valence-corrected chi connectivity index (χ3v) is 7.78. The Morgan fingerprint density at radius 3 is 2.52 bits per heavy atom. The maximum Gasteiger partial charge on any atom is 0.263 e. The zero-order valence-corrected chi connectivity index (χ0v) is 17.4. The van der Waals surface area contributed by atoms with Crippen LogP contribution in [0.3, 0.4) is 0 Å². The van der Waals surface area contributed by atoms with E-state index in [1.807, 2.05) is 4.90 Å². The van der Waals surface area contributed by atoms with E-state index in [0.29, 0.717) is 11.8 Å². The maximum atomic E-state index is 13.0. The van der Waals surface area contributed by atoms with Gasteiger partial charge in [-0.2, -0.15) is 0 Å². The minimum Gasteiger partial charge on any atom is -0.342 e. The lowest BCUT2D eigenvalue weighted by molar-refractivity contribution is -0.138. The molecule has 0 saturated carbocycles. The maximum absolute atomic E-state index is 13.0. The smallest absolute Gasteiger partial charge is 0.263 e. The fourth-order valence-electron chi connectivity index (χ4n) is 4.91. The van der Waals surface area contributed by atoms with E-state index in [9.17, 15) is 9.59 Å². The Morgan fingerprint density at radius 1 is 0.963 bits per heavy atom. The number of piperidine rings is 2. The highest BCUT2D eigenvalue weighted by atomic mass is 32.1. The molecular weight excluding hydrogens is 356 g/mol. The highest BCUT2D eigenvalue weighted by Crippen LogP contribution is 2.31. The van der Waals surface area contributed by atoms with Crippen LogP contribution < -0.4 is 0 Å². The molecule has 0 spiro atoms. The van der Waals surface area contributed by atoms with Gasteiger partial charge in [-0.3, -0.25) is 9.59 Å². The fraction of sp³-hybridized carbons (Fsp3) is 0.727. The number of likely N-dealkylation sites (tertiary alicyclic amines) is 2. The molecule has 2 saturated heterocycles. The Kier molecular flexibility index (Phi) is 5.86. The second kappa shape index (κ2) is 8.34. The van der Waals surface area contributed by atoms with E-state index >= 15 is 0 Å². The summed E-state index contributed by atoms with van der Waals surface area (Å²) in [5.74, 6) is 1.25. The van der Waals surface area contributed by atoms with Crippen molar-refractivity contribution in [2.75, 3.05) is 26.2 Å². The molecule has 3 aliphatic rings. The SMILES string of the molecule is CC1CCCN(C(=O)C2CCN(C(=O)c3cc4c(s3)CCCCC4)CC2)C1. The van der Waals surface area contributed by atoms with Crippen molar-refractivity contribution < 1.29 is 9.59 Å². The van der Waals surface area contributed by atoms with Gasteiger partial charge in [0.1, 0.15) is 0 Å². The first-order valence-electron chi connectivity index (χ1n) is 10.8. The lowest BCUT2D eigenvalue weighted by Crippen LogP contribution is -2.46. The minimum atomic E-state index is 0.111. The number of carbonyl (C=O) groups is 2. The summed E-state index contributed by atoms with van der Waals surface area (Å²) in [6, 6.07) is 2.15. The molecule has 0 aromatic carbocycles. The van der Waals surface area contributed by atoms with E-state index in [0.717, 1.165) is 63.2 Å². The number of carbonyl (C=O) groups excluding carboxylic acids is 2. The van der Waals surface area contributed by atoms with Crippen molar-refractivity contribution >= 4 is 23.2 Å². The molecular formula is C22H32N2O2S. The number of thiophene rings is 1. The normalized spacial score (nSPS) is 24.4. The van der Waals surface area contributed by atoms with Gasteiger partial charge in [0.05, 0.1) is 4.88 Å². The van der Waals surface area contributed by atoms with Crippen LogP contribution >= 0.6 is 11.3 Å². The Labute approximate surface area is 166 Å². The number of fused-ring (bicyclic) bond motifs is 1. The van der Waals surface area contributed by atoms with Crippen LogP contribution in [0.15, 0.2) is 6.07 Å². The zero-order valence-electron chi connectivity index (χ0n) is 16.5. The second-order valence-electron chi connectivity index (χ2n) is 8.72. The fourth-order valence-corrected chi connectivity index (χ4v) is 6.13. The van der Waals surface area contributed by atoms with Gasteiger partial charge in [0.15, 0.2) is 0 Å². The van der Waals surface area contributed by atoms with Crippen LogP contribution in [0.2, 0.25) is 0 Å². The van der Waals surface area contributed by atoms with E-state index in [-0.39, 0.29) is 11.8 Å². The predicted molar refractivity (Wildman–Crippen MR) is 109 cm³/mol. The Balaban J connectivity index is 1.33. The molecule has 1 aromatic heterocycles. The molecule has 27 heavy (non-hydrogen) atoms. The summed E-state index contributed by atoms with van der Waals surface area (Å²) in [6.45, 7) is 5.52. The van der Waals surface area contributed by atoms with E-state index in [1.54, 1.807) is 11.3 Å². The Morgan fingerprint density at radius 2 is 1.74 bits per heavy atom. The van der Waals surface area contributed by atoms with Gasteiger partial charge in [-0.05, 0) is 68.9 Å². The molecule has 4 rings (SSSR count). The standard InChI is InChI=1S/C22H32N2O2S/c1-16-6-5-11-24(15-16)21(25)17-9-12-23(13-10-17)22(26)20-14-18-7-3-2-4-8-19(18)27-20/h14,16-17H,2-13,15H2,1H3. The second-order valence-corrected chi connectivity index (χ2v) is 9.85. The quantitative estimate of drug-likeness (QED) is 0.715. The monoisotopic (exact) mass is 388 g/mol. The summed E-state index contributed by atoms with van der Waals surface area (Å²) in [6.07, 6.45) is 10.1. The van der Waals surface area contributed by atoms with Crippen LogP contribution in [-0.2, 0) is 17.6 Å². The van der Waals surface area contributed by atoms with Gasteiger partial charge < -0.3 is 9.80 Å². The van der Waals surface area contributed by atoms with Crippen molar-refractivity contribution in [1.29, 1.82) is 0 Å². The molecule has 5 heteroatoms. The van der Waals surface area contributed by atoms with Crippen molar-refractivity contribution in [3.63, 3.8) is 0 Å². The average Bonchev–Trinajstić information content (AvgIpc) is 2.97. The molecule has 2 amide bonds. The van der Waals surface area contributed by atoms with E-state index in [2.05, 4.69) is 17.9 Å². The topological polar surface area (TPSA) is 40.6 Å². The number of nitrogens with zero attached hydrogens (tertiary/aromatic N) is 2. The predicted octanol–water partition coefficient (Wildman–Crippen LogP) is 4.13. The van der Waals surface area contributed by atoms with Crippen LogP contribution in [0.4, 0.5) is 0 Å². The number of hydrogen-bond acceptors (Lipinski definition) is 3. The molecule has 3 heterocycles. The van der Waals surface area contributed by atoms with Crippen LogP contribution in [0.25, 0.3) is 0 Å². The van der Waals surface area contributed by atoms with Gasteiger partial charge in [0, 0.05) is 37.0 Å². The van der Waals surface area contributed by atoms with Crippen molar-refractivity contribution in [1.82, 2.24) is 9.80 Å². The molecule has 1 unspecified atom stereocenters. The third kappa shape index (κ3) is 4.23. The van der Waals surface area contributed by atoms with E-state index in [4.69, 9.17) is 0 Å². The molecule has 4 nitrogen and oxygen atoms in total. The first-order chi connectivity index (χ1) is 13.1. The van der Waals surface area contributed by atoms with E-state index in [1.165, 1.54) is 36.1 Å². The number of aryl methyl sites for hydroxylation is 2. The number of amides is 2. The number of hydrogen-bond donors (Lipinski definition) is 0. The molecule has 0 bridgehead atoms. The molecule has 1 aromatic rings. The van der Waals surface area contributed by atoms with Crippen molar-refractivity contribution in [3.8, 4) is 0 Å². The summed E-state index contributed by atoms with van der Waals surface area (Å²) in [4.78, 5) is 32.2. The van der Waals surface area contributed by atoms with E-state index < -0.39 is 0 Å². The molecule has 148 valence electrons. The molecule has 0 N–H and O–H groups in total. The van der Waals surface area contributed by atoms with Gasteiger partial charge >= 0.3 is 0 Å². The molecule has 2 fully saturated rings. The highest BCUT2D eigenvalue weighted by molar-refractivity contribution is 7.14. The lowest BCUT2D eigenvalue weighted by atomic mass is 9.92. The summed E-state index contributed by atoms with van der Waals surface area (Å²) < 4.78 is 0. The van der Waals surface area contributed by atoms with Gasteiger partial charge in [-0.15, -0.1) is 11.3 Å². The summed E-state index contributed by atoms with van der Waals surface area (Å²) in [7, 11) is 0. The van der Waals surface area contributed by atoms with Gasteiger partial charge in [-0.25, -0.2) is 0 Å². The van der Waals surface area contributed by atoms with Crippen molar-refractivity contribution in [3.05, 3.63) is 21.4 Å². The van der Waals surface area contributed by atoms with Crippen molar-refractivity contribution in [2.45, 2.75) is 64.7 Å². The van der Waals surface area contributed by atoms with Crippen molar-refractivity contribution in [2.24, 2.45) is 11.8 Å². The summed E-state index contributed by atoms with van der Waals surface area (Å²) in [5, 5.41) is 0. The van der Waals surface area contributed by atoms with Gasteiger partial charge in [0.2, 0.25) is 5.91 Å². The highest BCUT2D eigenvalue weighted by Gasteiger charge is 2.32. The largest absolute Gasteiger partial charge is 0.342 e. The summed E-state index contributed by atoms with van der Waals surface area (Å²) in [5.41, 5.74) is 1.41. The first-order valence-corrected chi connectivity index (χ1v) is 11.6. The lowest BCUT2D eigenvalue weighted by Gasteiger charge is -2.37. The number of rotatable bonds is 2. The summed E-state index contributed by atoms with van der Waals surface area (Å²) >= 11 is 1.71. The van der Waals surface area contributed by atoms with Crippen LogP contribution in [0.5, 0.6) is 0 Å². The zero-order chi connectivity index (χ0) is 18.8. The molecule has 2 aliphatic heterocycles. The third-order valence-electron chi connectivity index (χ3n) is 6.56. The first kappa shape index (κ1) is 19.0.